The number of aryl methyl sites for hydroxylation is 1. The normalized spacial score (nSPS) is 10.9. The summed E-state index contributed by atoms with van der Waals surface area (Å²) in [6, 6.07) is 36.1. The third-order valence-corrected chi connectivity index (χ3v) is 8.19. The molecular weight excluding hydrogens is 721 g/mol. The van der Waals surface area contributed by atoms with Gasteiger partial charge in [-0.25, -0.2) is 16.8 Å². The second kappa shape index (κ2) is 17.4. The van der Waals surface area contributed by atoms with Gasteiger partial charge in [0.25, 0.3) is 20.2 Å². The molecule has 5 rings (SSSR count). The average molecular weight is 752 g/mol. The smallest absolute Gasteiger partial charge is 0.258 e. The largest absolute Gasteiger partial charge is 0.497 e. The maximum Gasteiger partial charge on any atom is 0.258 e. The Bertz CT molecular complexity index is 1950. The zero-order valence-electron chi connectivity index (χ0n) is 25.6. The predicted octanol–water partition coefficient (Wildman–Crippen LogP) is 7.39. The molecule has 10 nitrogen and oxygen atoms in total. The molecule has 47 heavy (non-hydrogen) atoms. The molecule has 0 aliphatic carbocycles. The second-order valence-electron chi connectivity index (χ2n) is 9.50. The van der Waals surface area contributed by atoms with Crippen LogP contribution < -0.4 is 18.9 Å². The number of hydrogen-bond donors (Lipinski definition) is 1. The van der Waals surface area contributed by atoms with Crippen molar-refractivity contribution in [1.29, 1.82) is 0 Å². The van der Waals surface area contributed by atoms with Crippen molar-refractivity contribution in [2.45, 2.75) is 17.6 Å². The molecule has 13 heteroatoms. The molecule has 5 aromatic carbocycles. The Labute approximate surface area is 300 Å². The van der Waals surface area contributed by atoms with Crippen LogP contribution in [0.1, 0.15) is 11.1 Å². The fraction of sp³-hybridized carbons (Fsp3) is 0.118. The van der Waals surface area contributed by atoms with Gasteiger partial charge in [0.05, 0.1) is 20.0 Å². The Hall–Kier alpha value is -3.78. The minimum atomic E-state index is -3.92. The number of methoxy groups -OCH3 is 1. The van der Waals surface area contributed by atoms with Gasteiger partial charge in [-0.05, 0) is 72.8 Å². The molecule has 0 unspecified atom stereocenters. The van der Waals surface area contributed by atoms with Crippen LogP contribution in [0.5, 0.6) is 40.2 Å². The molecule has 1 radical (unpaired) electrons. The summed E-state index contributed by atoms with van der Waals surface area (Å²) >= 11 is 0. The van der Waals surface area contributed by atoms with E-state index in [1.807, 2.05) is 24.3 Å². The predicted molar refractivity (Wildman–Crippen MR) is 171 cm³/mol. The van der Waals surface area contributed by atoms with Gasteiger partial charge in [0.2, 0.25) is 0 Å². The topological polar surface area (TPSA) is 135 Å². The minimum Gasteiger partial charge on any atom is -0.497 e. The van der Waals surface area contributed by atoms with E-state index in [1.165, 1.54) is 12.1 Å². The molecule has 0 saturated carbocycles. The monoisotopic (exact) mass is 751 g/mol. The van der Waals surface area contributed by atoms with E-state index in [2.05, 4.69) is 16.3 Å². The quantitative estimate of drug-likeness (QED) is 0.0828. The van der Waals surface area contributed by atoms with Crippen LogP contribution in [0.15, 0.2) is 114 Å². The van der Waals surface area contributed by atoms with Crippen LogP contribution in [0.4, 0.5) is 0 Å². The molecule has 0 bridgehead atoms. The van der Waals surface area contributed by atoms with Gasteiger partial charge in [0.15, 0.2) is 0 Å². The molecule has 5 aromatic rings. The Morgan fingerprint density at radius 3 is 1.47 bits per heavy atom. The molecule has 0 atom stereocenters. The summed E-state index contributed by atoms with van der Waals surface area (Å²) < 4.78 is 80.8. The van der Waals surface area contributed by atoms with E-state index in [1.54, 1.807) is 86.8 Å². The molecule has 0 fully saturated rings. The van der Waals surface area contributed by atoms with E-state index in [0.717, 1.165) is 18.4 Å². The first-order chi connectivity index (χ1) is 22.0. The summed E-state index contributed by atoms with van der Waals surface area (Å²) in [6.45, 7) is 1.79. The molecule has 0 aliphatic heterocycles. The van der Waals surface area contributed by atoms with Gasteiger partial charge in [-0.2, -0.15) is 48.0 Å². The minimum absolute atomic E-state index is 0. The number of rotatable bonds is 11. The van der Waals surface area contributed by atoms with Gasteiger partial charge in [-0.1, -0.05) is 6.92 Å². The van der Waals surface area contributed by atoms with Gasteiger partial charge < -0.3 is 18.9 Å². The number of benzene rings is 5. The third kappa shape index (κ3) is 11.8. The summed E-state index contributed by atoms with van der Waals surface area (Å²) in [4.78, 5) is -0.102. The Morgan fingerprint density at radius 1 is 0.617 bits per heavy atom. The van der Waals surface area contributed by atoms with Crippen molar-refractivity contribution in [3.05, 3.63) is 132 Å². The zero-order valence-corrected chi connectivity index (χ0v) is 30.1. The van der Waals surface area contributed by atoms with Gasteiger partial charge in [0.1, 0.15) is 34.5 Å². The van der Waals surface area contributed by atoms with E-state index in [4.69, 9.17) is 23.5 Å². The van der Waals surface area contributed by atoms with Crippen molar-refractivity contribution in [1.82, 2.24) is 0 Å². The first kappa shape index (κ1) is 37.7. The molecule has 0 aromatic heterocycles. The van der Waals surface area contributed by atoms with Crippen molar-refractivity contribution < 1.29 is 77.2 Å². The van der Waals surface area contributed by atoms with Crippen molar-refractivity contribution >= 4 is 20.2 Å². The van der Waals surface area contributed by atoms with Crippen molar-refractivity contribution in [3.63, 3.8) is 0 Å². The van der Waals surface area contributed by atoms with Gasteiger partial charge >= 0.3 is 0 Å². The molecule has 0 heterocycles. The van der Waals surface area contributed by atoms with Crippen LogP contribution in [-0.4, -0.2) is 35.6 Å². The molecule has 1 N–H and O–H groups in total. The maximum atomic E-state index is 12.1. The van der Waals surface area contributed by atoms with Crippen molar-refractivity contribution in [2.75, 3.05) is 14.2 Å². The third-order valence-electron chi connectivity index (χ3n) is 6.21. The van der Waals surface area contributed by atoms with E-state index in [9.17, 15) is 16.8 Å². The van der Waals surface area contributed by atoms with Gasteiger partial charge in [-0.15, -0.1) is 11.6 Å². The van der Waals surface area contributed by atoms with Gasteiger partial charge in [-0.3, -0.25) is 8.74 Å². The summed E-state index contributed by atoms with van der Waals surface area (Å²) in [6.07, 6.45) is 0. The van der Waals surface area contributed by atoms with Crippen LogP contribution in [0.3, 0.4) is 0 Å². The van der Waals surface area contributed by atoms with Gasteiger partial charge in [0, 0.05) is 43.4 Å². The first-order valence-corrected chi connectivity index (χ1v) is 16.6. The Balaban J connectivity index is 0.000000391. The summed E-state index contributed by atoms with van der Waals surface area (Å²) in [5.41, 5.74) is 1.42. The maximum absolute atomic E-state index is 12.1. The molecule has 0 aliphatic rings. The van der Waals surface area contributed by atoms with E-state index >= 15 is 0 Å². The standard InChI is InChI=1S/C26H21O7S.C8H9O3S.Y/c1-29-19-7-9-20(10-8-19)31-21-11-13-22(14-12-21)32-23-15-17-24(18-16-23)33-25-5-3-4-6-26(25)34(27,28)30-2;1-7-4-2-3-5-8(7)6-12(9,10)11;/h3,5-18H,1-2H3;2,4-5H,6H2,1H3,(H,9,10,11);/q2*-1;. The fourth-order valence-electron chi connectivity index (χ4n) is 3.86. The molecule has 0 amide bonds. The second-order valence-corrected chi connectivity index (χ2v) is 12.6. The Kier molecular flexibility index (Phi) is 13.9. The molecule has 0 saturated heterocycles. The summed E-state index contributed by atoms with van der Waals surface area (Å²) in [5.74, 6) is 3.58. The van der Waals surface area contributed by atoms with Crippen molar-refractivity contribution in [3.8, 4) is 40.2 Å². The fourth-order valence-corrected chi connectivity index (χ4v) is 5.31. The molecule has 243 valence electrons. The van der Waals surface area contributed by atoms with Crippen molar-refractivity contribution in [2.24, 2.45) is 0 Å². The van der Waals surface area contributed by atoms with Crippen LogP contribution in [-0.2, 0) is 62.9 Å². The van der Waals surface area contributed by atoms with Crippen LogP contribution >= 0.6 is 0 Å². The Morgan fingerprint density at radius 2 is 1.04 bits per heavy atom. The van der Waals surface area contributed by atoms with Crippen LogP contribution in [0.2, 0.25) is 0 Å². The van der Waals surface area contributed by atoms with E-state index in [-0.39, 0.29) is 49.1 Å². The van der Waals surface area contributed by atoms with E-state index in [0.29, 0.717) is 34.3 Å². The first-order valence-electron chi connectivity index (χ1n) is 13.5. The van der Waals surface area contributed by atoms with Crippen LogP contribution in [0, 0.1) is 19.1 Å². The summed E-state index contributed by atoms with van der Waals surface area (Å²) in [7, 11) is -5.13. The average Bonchev–Trinajstić information content (AvgIpc) is 3.04. The summed E-state index contributed by atoms with van der Waals surface area (Å²) in [5, 5.41) is 0. The number of ether oxygens (including phenoxy) is 4. The van der Waals surface area contributed by atoms with E-state index < -0.39 is 20.2 Å². The van der Waals surface area contributed by atoms with Crippen LogP contribution in [0.25, 0.3) is 0 Å². The zero-order chi connectivity index (χ0) is 33.2. The number of hydrogen-bond acceptors (Lipinski definition) is 9. The SMILES string of the molecule is COc1ccc(Oc2ccc(Oc3ccc(Oc4cc[c-]cc4S(=O)(=O)OC)cc3)cc2)cc1.Cc1cc[c-]cc1CS(=O)(=O)O.[Y]. The molecule has 0 spiro atoms. The molecular formula is C34H30O10S2Y-2.